The molecule has 1 amide bonds. The normalized spacial score (nSPS) is 10.6. The minimum Gasteiger partial charge on any atom is -0.481 e. The second-order valence-electron chi connectivity index (χ2n) is 7.43. The van der Waals surface area contributed by atoms with E-state index in [9.17, 15) is 14.0 Å². The molecule has 0 bridgehead atoms. The molecule has 3 aromatic carbocycles. The highest BCUT2D eigenvalue weighted by atomic mass is 19.1. The molecule has 1 heterocycles. The molecule has 1 aromatic heterocycles. The zero-order valence-electron chi connectivity index (χ0n) is 18.1. The lowest BCUT2D eigenvalue weighted by Gasteiger charge is -2.13. The summed E-state index contributed by atoms with van der Waals surface area (Å²) < 4.78 is 23.6. The van der Waals surface area contributed by atoms with Gasteiger partial charge in [0.1, 0.15) is 11.6 Å². The van der Waals surface area contributed by atoms with Crippen LogP contribution in [0.5, 0.6) is 5.75 Å². The summed E-state index contributed by atoms with van der Waals surface area (Å²) in [6.45, 7) is 1.74. The molecule has 0 atom stereocenters. The molecule has 33 heavy (non-hydrogen) atoms. The van der Waals surface area contributed by atoms with Crippen LogP contribution in [0, 0.1) is 12.7 Å². The van der Waals surface area contributed by atoms with Crippen LogP contribution in [0.1, 0.15) is 15.9 Å². The first-order valence-electron chi connectivity index (χ1n) is 10.2. The van der Waals surface area contributed by atoms with Crippen LogP contribution in [0.3, 0.4) is 0 Å². The Morgan fingerprint density at radius 1 is 0.970 bits per heavy atom. The van der Waals surface area contributed by atoms with E-state index in [2.05, 4.69) is 10.1 Å². The number of fused-ring (bicyclic) bond motifs is 1. The largest absolute Gasteiger partial charge is 0.481 e. The fourth-order valence-electron chi connectivity index (χ4n) is 3.26. The summed E-state index contributed by atoms with van der Waals surface area (Å²) in [5.74, 6) is -0.882. The number of methoxy groups -OCH3 is 1. The Morgan fingerprint density at radius 2 is 1.70 bits per heavy atom. The molecule has 0 saturated heterocycles. The fraction of sp³-hybridized carbons (Fsp3) is 0.115. The number of rotatable bonds is 6. The zero-order chi connectivity index (χ0) is 23.4. The van der Waals surface area contributed by atoms with Crippen LogP contribution in [0.4, 0.5) is 10.1 Å². The van der Waals surface area contributed by atoms with E-state index in [0.717, 1.165) is 11.1 Å². The van der Waals surface area contributed by atoms with Gasteiger partial charge in [-0.1, -0.05) is 29.8 Å². The Labute approximate surface area is 190 Å². The van der Waals surface area contributed by atoms with Gasteiger partial charge in [0.25, 0.3) is 5.91 Å². The Bertz CT molecular complexity index is 1320. The highest BCUT2D eigenvalue weighted by Crippen LogP contribution is 2.32. The number of nitrogens with one attached hydrogen (secondary N) is 1. The number of aromatic nitrogens is 1. The Balaban J connectivity index is 1.71. The van der Waals surface area contributed by atoms with Crippen LogP contribution < -0.4 is 10.1 Å². The minimum atomic E-state index is -0.516. The average Bonchev–Trinajstić information content (AvgIpc) is 2.83. The first-order valence-corrected chi connectivity index (χ1v) is 10.2. The van der Waals surface area contributed by atoms with Crippen LogP contribution in [0.15, 0.2) is 72.8 Å². The van der Waals surface area contributed by atoms with E-state index in [1.807, 2.05) is 31.2 Å². The summed E-state index contributed by atoms with van der Waals surface area (Å²) in [7, 11) is 1.29. The summed E-state index contributed by atoms with van der Waals surface area (Å²) >= 11 is 0. The summed E-state index contributed by atoms with van der Waals surface area (Å²) in [5, 5.41) is 3.41. The van der Waals surface area contributed by atoms with Crippen molar-refractivity contribution in [2.24, 2.45) is 0 Å². The number of amides is 1. The zero-order valence-corrected chi connectivity index (χ0v) is 18.1. The minimum absolute atomic E-state index is 0.269. The van der Waals surface area contributed by atoms with Gasteiger partial charge in [0.2, 0.25) is 0 Å². The lowest BCUT2D eigenvalue weighted by atomic mass is 10.1. The molecule has 0 aliphatic rings. The molecular formula is C26H21FN2O4. The van der Waals surface area contributed by atoms with Crippen molar-refractivity contribution < 1.29 is 23.5 Å². The summed E-state index contributed by atoms with van der Waals surface area (Å²) in [6, 6.07) is 20.1. The third kappa shape index (κ3) is 5.15. The first kappa shape index (κ1) is 22.0. The standard InChI is InChI=1S/C26H21FN2O4/c1-16-3-5-17(6-4-16)23-14-24(33-15-25(30)32-2)21-13-20(11-12-22(21)29-23)28-26(31)18-7-9-19(27)10-8-18/h3-14H,15H2,1-2H3,(H,28,31). The van der Waals surface area contributed by atoms with E-state index >= 15 is 0 Å². The monoisotopic (exact) mass is 444 g/mol. The van der Waals surface area contributed by atoms with Crippen molar-refractivity contribution in [3.05, 3.63) is 89.7 Å². The van der Waals surface area contributed by atoms with Crippen molar-refractivity contribution in [2.45, 2.75) is 6.92 Å². The van der Waals surface area contributed by atoms with Crippen LogP contribution in [-0.2, 0) is 9.53 Å². The maximum absolute atomic E-state index is 13.1. The van der Waals surface area contributed by atoms with Gasteiger partial charge in [-0.3, -0.25) is 4.79 Å². The molecule has 0 unspecified atom stereocenters. The lowest BCUT2D eigenvalue weighted by molar-refractivity contribution is -0.142. The number of anilines is 1. The fourth-order valence-corrected chi connectivity index (χ4v) is 3.26. The topological polar surface area (TPSA) is 77.5 Å². The molecule has 0 aliphatic heterocycles. The number of aryl methyl sites for hydroxylation is 1. The number of hydrogen-bond acceptors (Lipinski definition) is 5. The van der Waals surface area contributed by atoms with E-state index < -0.39 is 11.8 Å². The Morgan fingerprint density at radius 3 is 2.39 bits per heavy atom. The Kier molecular flexibility index (Phi) is 6.31. The van der Waals surface area contributed by atoms with Crippen LogP contribution >= 0.6 is 0 Å². The van der Waals surface area contributed by atoms with Gasteiger partial charge < -0.3 is 14.8 Å². The molecule has 0 saturated carbocycles. The van der Waals surface area contributed by atoms with Crippen LogP contribution in [0.2, 0.25) is 0 Å². The summed E-state index contributed by atoms with van der Waals surface area (Å²) in [6.07, 6.45) is 0. The maximum Gasteiger partial charge on any atom is 0.343 e. The SMILES string of the molecule is COC(=O)COc1cc(-c2ccc(C)cc2)nc2ccc(NC(=O)c3ccc(F)cc3)cc12. The second kappa shape index (κ2) is 9.48. The second-order valence-corrected chi connectivity index (χ2v) is 7.43. The van der Waals surface area contributed by atoms with Crippen LogP contribution in [0.25, 0.3) is 22.2 Å². The van der Waals surface area contributed by atoms with E-state index in [-0.39, 0.29) is 12.5 Å². The number of pyridine rings is 1. The molecule has 0 aliphatic carbocycles. The predicted molar refractivity (Wildman–Crippen MR) is 124 cm³/mol. The van der Waals surface area contributed by atoms with Gasteiger partial charge in [-0.2, -0.15) is 0 Å². The van der Waals surface area contributed by atoms with E-state index in [1.165, 1.54) is 31.4 Å². The van der Waals surface area contributed by atoms with Gasteiger partial charge in [0.05, 0.1) is 18.3 Å². The number of ether oxygens (including phenoxy) is 2. The molecule has 0 radical (unpaired) electrons. The lowest BCUT2D eigenvalue weighted by Crippen LogP contribution is -2.13. The maximum atomic E-state index is 13.1. The average molecular weight is 444 g/mol. The number of esters is 1. The number of halogens is 1. The third-order valence-electron chi connectivity index (χ3n) is 5.06. The molecule has 0 fully saturated rings. The third-order valence-corrected chi connectivity index (χ3v) is 5.06. The van der Waals surface area contributed by atoms with Crippen molar-refractivity contribution >= 4 is 28.5 Å². The van der Waals surface area contributed by atoms with Crippen molar-refractivity contribution in [3.8, 4) is 17.0 Å². The molecule has 7 heteroatoms. The molecule has 4 rings (SSSR count). The van der Waals surface area contributed by atoms with E-state index in [0.29, 0.717) is 33.6 Å². The predicted octanol–water partition coefficient (Wildman–Crippen LogP) is 5.15. The molecule has 166 valence electrons. The molecule has 4 aromatic rings. The molecular weight excluding hydrogens is 423 g/mol. The highest BCUT2D eigenvalue weighted by molar-refractivity contribution is 6.05. The first-order chi connectivity index (χ1) is 15.9. The quantitative estimate of drug-likeness (QED) is 0.416. The van der Waals surface area contributed by atoms with Gasteiger partial charge in [-0.25, -0.2) is 14.2 Å². The number of benzene rings is 3. The van der Waals surface area contributed by atoms with Gasteiger partial charge in [0, 0.05) is 28.3 Å². The van der Waals surface area contributed by atoms with Crippen molar-refractivity contribution in [3.63, 3.8) is 0 Å². The van der Waals surface area contributed by atoms with Gasteiger partial charge in [-0.15, -0.1) is 0 Å². The summed E-state index contributed by atoms with van der Waals surface area (Å²) in [5.41, 5.74) is 4.18. The van der Waals surface area contributed by atoms with Crippen LogP contribution in [-0.4, -0.2) is 30.6 Å². The smallest absolute Gasteiger partial charge is 0.343 e. The van der Waals surface area contributed by atoms with Gasteiger partial charge in [-0.05, 0) is 49.4 Å². The van der Waals surface area contributed by atoms with E-state index in [1.54, 1.807) is 24.3 Å². The van der Waals surface area contributed by atoms with Crippen molar-refractivity contribution in [1.82, 2.24) is 4.98 Å². The highest BCUT2D eigenvalue weighted by Gasteiger charge is 2.13. The van der Waals surface area contributed by atoms with Crippen molar-refractivity contribution in [1.29, 1.82) is 0 Å². The van der Waals surface area contributed by atoms with Crippen molar-refractivity contribution in [2.75, 3.05) is 19.0 Å². The number of carbonyl (C=O) groups excluding carboxylic acids is 2. The molecule has 0 spiro atoms. The Hall–Kier alpha value is -4.26. The number of hydrogen-bond donors (Lipinski definition) is 1. The number of nitrogens with zero attached hydrogens (tertiary/aromatic N) is 1. The van der Waals surface area contributed by atoms with Gasteiger partial charge >= 0.3 is 5.97 Å². The summed E-state index contributed by atoms with van der Waals surface area (Å²) in [4.78, 5) is 28.9. The van der Waals surface area contributed by atoms with E-state index in [4.69, 9.17) is 9.72 Å². The molecule has 6 nitrogen and oxygen atoms in total. The number of carbonyl (C=O) groups is 2. The molecule has 1 N–H and O–H groups in total. The van der Waals surface area contributed by atoms with Gasteiger partial charge in [0.15, 0.2) is 6.61 Å².